The van der Waals surface area contributed by atoms with Crippen molar-refractivity contribution in [2.75, 3.05) is 19.9 Å². The second-order valence-corrected chi connectivity index (χ2v) is 9.48. The summed E-state index contributed by atoms with van der Waals surface area (Å²) in [6.45, 7) is 5.78. The van der Waals surface area contributed by atoms with E-state index in [9.17, 15) is 23.9 Å². The Morgan fingerprint density at radius 2 is 1.90 bits per heavy atom. The van der Waals surface area contributed by atoms with E-state index in [2.05, 4.69) is 26.8 Å². The summed E-state index contributed by atoms with van der Waals surface area (Å²) in [7, 11) is 0. The van der Waals surface area contributed by atoms with Crippen LogP contribution in [-0.4, -0.2) is 80.2 Å². The average Bonchev–Trinajstić information content (AvgIpc) is 3.38. The monoisotopic (exact) mass is 589 g/mol. The van der Waals surface area contributed by atoms with Crippen molar-refractivity contribution in [1.82, 2.24) is 25.1 Å². The highest BCUT2D eigenvalue weighted by Gasteiger charge is 2.25. The third-order valence-electron chi connectivity index (χ3n) is 5.46. The number of hydrogen-bond acceptors (Lipinski definition) is 11. The fourth-order valence-electron chi connectivity index (χ4n) is 3.65. The molecular weight excluding hydrogens is 561 g/mol. The van der Waals surface area contributed by atoms with Crippen molar-refractivity contribution >= 4 is 29.5 Å². The van der Waals surface area contributed by atoms with E-state index in [1.165, 1.54) is 33.9 Å². The van der Waals surface area contributed by atoms with Gasteiger partial charge in [0.25, 0.3) is 0 Å². The number of carbonyl (C=O) groups is 3. The van der Waals surface area contributed by atoms with Gasteiger partial charge in [0.05, 0.1) is 19.2 Å². The Hall–Kier alpha value is -4.20. The van der Waals surface area contributed by atoms with Crippen LogP contribution in [-0.2, 0) is 32.1 Å². The van der Waals surface area contributed by atoms with Gasteiger partial charge < -0.3 is 19.3 Å². The Labute approximate surface area is 240 Å². The number of tetrazole rings is 1. The number of rotatable bonds is 14. The van der Waals surface area contributed by atoms with Crippen LogP contribution in [0.1, 0.15) is 30.0 Å². The first-order valence-corrected chi connectivity index (χ1v) is 12.8. The van der Waals surface area contributed by atoms with E-state index in [1.807, 2.05) is 0 Å². The molecule has 12 nitrogen and oxygen atoms in total. The summed E-state index contributed by atoms with van der Waals surface area (Å²) in [6, 6.07) is 11.0. The van der Waals surface area contributed by atoms with Crippen molar-refractivity contribution in [1.29, 1.82) is 0 Å². The van der Waals surface area contributed by atoms with Gasteiger partial charge in [0, 0.05) is 23.7 Å². The Morgan fingerprint density at radius 1 is 1.17 bits per heavy atom. The van der Waals surface area contributed by atoms with Gasteiger partial charge in [0.1, 0.15) is 5.82 Å². The van der Waals surface area contributed by atoms with Crippen LogP contribution < -0.4 is 0 Å². The molecule has 0 bridgehead atoms. The molecule has 1 N–H and O–H groups in total. The van der Waals surface area contributed by atoms with E-state index in [0.717, 1.165) is 0 Å². The number of aliphatic hydroxyl groups is 1. The minimum Gasteiger partial charge on any atom is -0.431 e. The number of esters is 1. The SMILES string of the molecule is C=CCn1nnnc1C(=O)CN(Cc1ccc(-c2cc(Cl)ccc2F)cc1)C[C@@H](O)C(=O)OCOC(=O)OC(C)C. The third kappa shape index (κ3) is 9.45. The highest BCUT2D eigenvalue weighted by Crippen LogP contribution is 2.26. The lowest BCUT2D eigenvalue weighted by Gasteiger charge is -2.23. The maximum Gasteiger partial charge on any atom is 0.511 e. The second-order valence-electron chi connectivity index (χ2n) is 9.05. The molecule has 0 unspecified atom stereocenters. The molecule has 3 rings (SSSR count). The summed E-state index contributed by atoms with van der Waals surface area (Å²) in [4.78, 5) is 38.3. The number of hydrogen-bond donors (Lipinski definition) is 1. The lowest BCUT2D eigenvalue weighted by molar-refractivity contribution is -0.164. The van der Waals surface area contributed by atoms with E-state index in [0.29, 0.717) is 21.7 Å². The Morgan fingerprint density at radius 3 is 2.59 bits per heavy atom. The van der Waals surface area contributed by atoms with Crippen molar-refractivity contribution in [3.8, 4) is 11.1 Å². The number of ether oxygens (including phenoxy) is 3. The van der Waals surface area contributed by atoms with E-state index in [1.54, 1.807) is 38.1 Å². The molecule has 0 amide bonds. The summed E-state index contributed by atoms with van der Waals surface area (Å²) in [5.74, 6) is -2.02. The molecule has 41 heavy (non-hydrogen) atoms. The van der Waals surface area contributed by atoms with Gasteiger partial charge in [-0.05, 0) is 53.6 Å². The largest absolute Gasteiger partial charge is 0.511 e. The van der Waals surface area contributed by atoms with Gasteiger partial charge >= 0.3 is 12.1 Å². The van der Waals surface area contributed by atoms with Crippen LogP contribution in [0.4, 0.5) is 9.18 Å². The van der Waals surface area contributed by atoms with Crippen LogP contribution >= 0.6 is 11.6 Å². The zero-order valence-corrected chi connectivity index (χ0v) is 23.2. The Bertz CT molecular complexity index is 1370. The van der Waals surface area contributed by atoms with Crippen molar-refractivity contribution < 1.29 is 38.1 Å². The first-order chi connectivity index (χ1) is 19.6. The molecule has 3 aromatic rings. The van der Waals surface area contributed by atoms with Crippen LogP contribution in [0.3, 0.4) is 0 Å². The number of allylic oxidation sites excluding steroid dienone is 1. The summed E-state index contributed by atoms with van der Waals surface area (Å²) < 4.78 is 29.8. The van der Waals surface area contributed by atoms with Gasteiger partial charge in [0.15, 0.2) is 6.10 Å². The lowest BCUT2D eigenvalue weighted by atomic mass is 10.0. The number of Topliss-reactive ketones (excluding diaryl/α,β-unsaturated/α-hetero) is 1. The highest BCUT2D eigenvalue weighted by atomic mass is 35.5. The third-order valence-corrected chi connectivity index (χ3v) is 5.70. The van der Waals surface area contributed by atoms with Gasteiger partial charge in [-0.1, -0.05) is 41.9 Å². The molecule has 0 saturated heterocycles. The van der Waals surface area contributed by atoms with Gasteiger partial charge in [-0.2, -0.15) is 0 Å². The quantitative estimate of drug-likeness (QED) is 0.128. The smallest absolute Gasteiger partial charge is 0.431 e. The van der Waals surface area contributed by atoms with Gasteiger partial charge in [-0.15, -0.1) is 11.7 Å². The minimum absolute atomic E-state index is 0.0317. The van der Waals surface area contributed by atoms with Crippen molar-refractivity contribution in [2.24, 2.45) is 0 Å². The van der Waals surface area contributed by atoms with Crippen LogP contribution in [0.2, 0.25) is 5.02 Å². The fourth-order valence-corrected chi connectivity index (χ4v) is 3.82. The molecule has 0 spiro atoms. The number of carbonyl (C=O) groups excluding carboxylic acids is 3. The van der Waals surface area contributed by atoms with E-state index in [-0.39, 0.29) is 32.0 Å². The zero-order chi connectivity index (χ0) is 29.9. The standard InChI is InChI=1S/C27H29ClFN5O7/c1-4-11-34-25(30-31-32-34)23(35)14-33(15-24(36)26(37)39-16-40-27(38)41-17(2)3)13-18-5-7-19(8-6-18)21-12-20(28)9-10-22(21)29/h4-10,12,17,24,36H,1,11,13-16H2,2-3H3/t24-/m1/s1. The highest BCUT2D eigenvalue weighted by molar-refractivity contribution is 6.30. The number of halogens is 2. The number of nitrogens with zero attached hydrogens (tertiary/aromatic N) is 5. The van der Waals surface area contributed by atoms with E-state index in [4.69, 9.17) is 21.1 Å². The molecular formula is C27H29ClFN5O7. The van der Waals surface area contributed by atoms with Crippen molar-refractivity contribution in [2.45, 2.75) is 39.1 Å². The number of benzene rings is 2. The Balaban J connectivity index is 1.72. The first-order valence-electron chi connectivity index (χ1n) is 12.4. The van der Waals surface area contributed by atoms with Crippen molar-refractivity contribution in [3.63, 3.8) is 0 Å². The summed E-state index contributed by atoms with van der Waals surface area (Å²) >= 11 is 6.01. The number of ketones is 1. The number of aliphatic hydroxyl groups excluding tert-OH is 1. The molecule has 1 aromatic heterocycles. The molecule has 0 saturated carbocycles. The predicted octanol–water partition coefficient (Wildman–Crippen LogP) is 3.43. The second kappa shape index (κ2) is 15.0. The fraction of sp³-hybridized carbons (Fsp3) is 0.333. The normalized spacial score (nSPS) is 11.8. The molecule has 0 radical (unpaired) electrons. The maximum absolute atomic E-state index is 14.3. The molecule has 14 heteroatoms. The van der Waals surface area contributed by atoms with Gasteiger partial charge in [0.2, 0.25) is 18.4 Å². The number of aromatic nitrogens is 4. The maximum atomic E-state index is 14.3. The topological polar surface area (TPSA) is 146 Å². The average molecular weight is 590 g/mol. The van der Waals surface area contributed by atoms with E-state index < -0.39 is 42.7 Å². The summed E-state index contributed by atoms with van der Waals surface area (Å²) in [5.41, 5.74) is 1.59. The van der Waals surface area contributed by atoms with Crippen molar-refractivity contribution in [3.05, 3.63) is 77.3 Å². The molecule has 2 aromatic carbocycles. The molecule has 0 aliphatic heterocycles. The molecule has 0 fully saturated rings. The van der Waals surface area contributed by atoms with Gasteiger partial charge in [-0.3, -0.25) is 9.69 Å². The lowest BCUT2D eigenvalue weighted by Crippen LogP contribution is -2.40. The van der Waals surface area contributed by atoms with Crippen LogP contribution in [0, 0.1) is 5.82 Å². The molecule has 0 aliphatic carbocycles. The van der Waals surface area contributed by atoms with Gasteiger partial charge in [-0.25, -0.2) is 18.7 Å². The zero-order valence-electron chi connectivity index (χ0n) is 22.4. The predicted molar refractivity (Wildman–Crippen MR) is 144 cm³/mol. The molecule has 1 atom stereocenters. The van der Waals surface area contributed by atoms with E-state index >= 15 is 0 Å². The minimum atomic E-state index is -1.70. The van der Waals surface area contributed by atoms with Crippen LogP contribution in [0.15, 0.2) is 55.1 Å². The van der Waals surface area contributed by atoms with Crippen LogP contribution in [0.25, 0.3) is 11.1 Å². The molecule has 0 aliphatic rings. The molecule has 218 valence electrons. The van der Waals surface area contributed by atoms with Crippen LogP contribution in [0.5, 0.6) is 0 Å². The summed E-state index contributed by atoms with van der Waals surface area (Å²) in [5, 5.41) is 21.9. The Kier molecular flexibility index (Phi) is 11.4. The first kappa shape index (κ1) is 31.3. The summed E-state index contributed by atoms with van der Waals surface area (Å²) in [6.07, 6.45) is -1.64. The molecule has 1 heterocycles.